The van der Waals surface area contributed by atoms with Crippen molar-refractivity contribution in [3.8, 4) is 0 Å². The van der Waals surface area contributed by atoms with Crippen molar-refractivity contribution in [3.05, 3.63) is 0 Å². The molecule has 2 nitrogen and oxygen atoms in total. The minimum absolute atomic E-state index is 0.721. The molecule has 1 aliphatic heterocycles. The van der Waals surface area contributed by atoms with Crippen LogP contribution in [0.2, 0.25) is 0 Å². The van der Waals surface area contributed by atoms with E-state index in [1.807, 2.05) is 0 Å². The lowest BCUT2D eigenvalue weighted by Crippen LogP contribution is -2.48. The molecular formula is C9H20N2. The molecule has 2 unspecified atom stereocenters. The quantitative estimate of drug-likeness (QED) is 0.636. The zero-order valence-corrected chi connectivity index (χ0v) is 7.69. The number of rotatable bonds is 3. The zero-order valence-electron chi connectivity index (χ0n) is 7.69. The Morgan fingerprint density at radius 2 is 2.27 bits per heavy atom. The first-order chi connectivity index (χ1) is 5.33. The van der Waals surface area contributed by atoms with Crippen LogP contribution in [-0.4, -0.2) is 25.7 Å². The predicted octanol–water partition coefficient (Wildman–Crippen LogP) is 0.984. The Balaban J connectivity index is 2.13. The summed E-state index contributed by atoms with van der Waals surface area (Å²) in [5.74, 6) is 0.868. The van der Waals surface area contributed by atoms with Crippen molar-refractivity contribution < 1.29 is 0 Å². The van der Waals surface area contributed by atoms with Gasteiger partial charge in [0.15, 0.2) is 0 Å². The molecule has 0 amide bonds. The molecule has 1 rings (SSSR count). The van der Waals surface area contributed by atoms with E-state index in [9.17, 15) is 0 Å². The molecule has 0 spiro atoms. The van der Waals surface area contributed by atoms with Gasteiger partial charge in [0.1, 0.15) is 0 Å². The minimum atomic E-state index is 0.721. The zero-order chi connectivity index (χ0) is 8.10. The van der Waals surface area contributed by atoms with Crippen LogP contribution in [-0.2, 0) is 0 Å². The Kier molecular flexibility index (Phi) is 3.87. The summed E-state index contributed by atoms with van der Waals surface area (Å²) in [6, 6.07) is 0.721. The molecule has 0 aromatic heterocycles. The highest BCUT2D eigenvalue weighted by molar-refractivity contribution is 4.76. The highest BCUT2D eigenvalue weighted by Gasteiger charge is 2.13. The lowest BCUT2D eigenvalue weighted by molar-refractivity contribution is 0.347. The fraction of sp³-hybridized carbons (Fsp3) is 1.00. The third-order valence-corrected chi connectivity index (χ3v) is 2.51. The van der Waals surface area contributed by atoms with Crippen molar-refractivity contribution in [3.63, 3.8) is 0 Å². The van der Waals surface area contributed by atoms with Crippen LogP contribution in [0.25, 0.3) is 0 Å². The van der Waals surface area contributed by atoms with Crippen molar-refractivity contribution in [2.45, 2.75) is 32.7 Å². The van der Waals surface area contributed by atoms with Gasteiger partial charge in [-0.15, -0.1) is 0 Å². The van der Waals surface area contributed by atoms with Gasteiger partial charge in [-0.1, -0.05) is 20.3 Å². The van der Waals surface area contributed by atoms with Crippen molar-refractivity contribution >= 4 is 0 Å². The molecule has 1 fully saturated rings. The number of piperazine rings is 1. The highest BCUT2D eigenvalue weighted by Crippen LogP contribution is 2.09. The molecule has 2 N–H and O–H groups in total. The summed E-state index contributed by atoms with van der Waals surface area (Å²) in [7, 11) is 0. The van der Waals surface area contributed by atoms with E-state index in [-0.39, 0.29) is 0 Å². The van der Waals surface area contributed by atoms with Crippen LogP contribution in [0.4, 0.5) is 0 Å². The predicted molar refractivity (Wildman–Crippen MR) is 48.7 cm³/mol. The Morgan fingerprint density at radius 1 is 1.45 bits per heavy atom. The van der Waals surface area contributed by atoms with Crippen LogP contribution in [0.3, 0.4) is 0 Å². The molecule has 0 bridgehead atoms. The van der Waals surface area contributed by atoms with Gasteiger partial charge in [-0.05, 0) is 12.3 Å². The van der Waals surface area contributed by atoms with Crippen LogP contribution in [0, 0.1) is 5.92 Å². The molecule has 11 heavy (non-hydrogen) atoms. The molecule has 1 heterocycles. The van der Waals surface area contributed by atoms with E-state index in [2.05, 4.69) is 24.5 Å². The molecule has 2 atom stereocenters. The molecular weight excluding hydrogens is 136 g/mol. The van der Waals surface area contributed by atoms with Gasteiger partial charge in [-0.2, -0.15) is 0 Å². The topological polar surface area (TPSA) is 24.1 Å². The molecule has 0 aromatic carbocycles. The van der Waals surface area contributed by atoms with E-state index in [1.54, 1.807) is 0 Å². The molecule has 1 saturated heterocycles. The molecule has 66 valence electrons. The van der Waals surface area contributed by atoms with E-state index in [1.165, 1.54) is 12.8 Å². The Morgan fingerprint density at radius 3 is 2.82 bits per heavy atom. The van der Waals surface area contributed by atoms with Gasteiger partial charge in [0.2, 0.25) is 0 Å². The summed E-state index contributed by atoms with van der Waals surface area (Å²) in [4.78, 5) is 0. The Bertz CT molecular complexity index is 97.7. The second-order valence-corrected chi connectivity index (χ2v) is 3.60. The van der Waals surface area contributed by atoms with Crippen LogP contribution in [0.5, 0.6) is 0 Å². The molecule has 0 aromatic rings. The highest BCUT2D eigenvalue weighted by atomic mass is 15.0. The summed E-state index contributed by atoms with van der Waals surface area (Å²) in [6.45, 7) is 8.03. The lowest BCUT2D eigenvalue weighted by atomic mass is 9.98. The van der Waals surface area contributed by atoms with Gasteiger partial charge in [-0.25, -0.2) is 0 Å². The summed E-state index contributed by atoms with van der Waals surface area (Å²) < 4.78 is 0. The maximum absolute atomic E-state index is 3.52. The first-order valence-electron chi connectivity index (χ1n) is 4.77. The third-order valence-electron chi connectivity index (χ3n) is 2.51. The minimum Gasteiger partial charge on any atom is -0.314 e. The second-order valence-electron chi connectivity index (χ2n) is 3.60. The fourth-order valence-corrected chi connectivity index (χ4v) is 1.53. The summed E-state index contributed by atoms with van der Waals surface area (Å²) in [5, 5.41) is 6.92. The van der Waals surface area contributed by atoms with Crippen LogP contribution < -0.4 is 10.6 Å². The van der Waals surface area contributed by atoms with Crippen LogP contribution >= 0.6 is 0 Å². The van der Waals surface area contributed by atoms with Crippen LogP contribution in [0.15, 0.2) is 0 Å². The van der Waals surface area contributed by atoms with Gasteiger partial charge < -0.3 is 10.6 Å². The van der Waals surface area contributed by atoms with E-state index >= 15 is 0 Å². The van der Waals surface area contributed by atoms with E-state index in [0.29, 0.717) is 0 Å². The lowest BCUT2D eigenvalue weighted by Gasteiger charge is -2.26. The summed E-state index contributed by atoms with van der Waals surface area (Å²) in [5.41, 5.74) is 0. The standard InChI is InChI=1S/C9H20N2/c1-3-8(2)6-9-7-10-4-5-11-9/h8-11H,3-7H2,1-2H3. The fourth-order valence-electron chi connectivity index (χ4n) is 1.53. The monoisotopic (exact) mass is 156 g/mol. The van der Waals surface area contributed by atoms with Crippen molar-refractivity contribution in [1.29, 1.82) is 0 Å². The SMILES string of the molecule is CCC(C)CC1CNCCN1. The van der Waals surface area contributed by atoms with Gasteiger partial charge >= 0.3 is 0 Å². The number of nitrogens with one attached hydrogen (secondary N) is 2. The van der Waals surface area contributed by atoms with E-state index in [4.69, 9.17) is 0 Å². The summed E-state index contributed by atoms with van der Waals surface area (Å²) in [6.07, 6.45) is 2.63. The van der Waals surface area contributed by atoms with Crippen LogP contribution in [0.1, 0.15) is 26.7 Å². The van der Waals surface area contributed by atoms with Gasteiger partial charge in [-0.3, -0.25) is 0 Å². The van der Waals surface area contributed by atoms with Gasteiger partial charge in [0.05, 0.1) is 0 Å². The first kappa shape index (κ1) is 9.01. The molecule has 0 saturated carbocycles. The second kappa shape index (κ2) is 4.73. The first-order valence-corrected chi connectivity index (χ1v) is 4.77. The summed E-state index contributed by atoms with van der Waals surface area (Å²) >= 11 is 0. The maximum Gasteiger partial charge on any atom is 0.0195 e. The number of hydrogen-bond donors (Lipinski definition) is 2. The normalized spacial score (nSPS) is 28.4. The molecule has 0 radical (unpaired) electrons. The number of hydrogen-bond acceptors (Lipinski definition) is 2. The largest absolute Gasteiger partial charge is 0.314 e. The van der Waals surface area contributed by atoms with Crippen molar-refractivity contribution in [2.24, 2.45) is 5.92 Å². The van der Waals surface area contributed by atoms with Gasteiger partial charge in [0.25, 0.3) is 0 Å². The van der Waals surface area contributed by atoms with E-state index < -0.39 is 0 Å². The van der Waals surface area contributed by atoms with Gasteiger partial charge in [0, 0.05) is 25.7 Å². The average Bonchev–Trinajstić information content (AvgIpc) is 2.06. The van der Waals surface area contributed by atoms with Crippen molar-refractivity contribution in [2.75, 3.05) is 19.6 Å². The average molecular weight is 156 g/mol. The van der Waals surface area contributed by atoms with Crippen molar-refractivity contribution in [1.82, 2.24) is 10.6 Å². The molecule has 0 aliphatic carbocycles. The Hall–Kier alpha value is -0.0800. The smallest absolute Gasteiger partial charge is 0.0195 e. The van der Waals surface area contributed by atoms with E-state index in [0.717, 1.165) is 31.6 Å². The molecule has 1 aliphatic rings. The molecule has 2 heteroatoms. The maximum atomic E-state index is 3.52. The Labute approximate surface area is 69.8 Å². The third kappa shape index (κ3) is 3.21.